The summed E-state index contributed by atoms with van der Waals surface area (Å²) < 4.78 is 0. The lowest BCUT2D eigenvalue weighted by molar-refractivity contribution is 1.07. The summed E-state index contributed by atoms with van der Waals surface area (Å²) in [6.07, 6.45) is 9.16. The lowest BCUT2D eigenvalue weighted by Gasteiger charge is -2.13. The Morgan fingerprint density at radius 3 is 2.37 bits per heavy atom. The van der Waals surface area contributed by atoms with Crippen molar-refractivity contribution in [3.63, 3.8) is 0 Å². The van der Waals surface area contributed by atoms with Gasteiger partial charge in [-0.05, 0) is 29.9 Å². The van der Waals surface area contributed by atoms with Crippen molar-refractivity contribution in [2.75, 3.05) is 6.26 Å². The maximum Gasteiger partial charge on any atom is 0.122 e. The van der Waals surface area contributed by atoms with Crippen LogP contribution >= 0.6 is 11.8 Å². The standard InChI is InChI=1S/C16H16N2S/c1-5-12-11(3)7-8-14(13(12)6-2)15-16(19-4)18-10-9-17-15/h5-10H,1-2H2,3-4H3. The molecule has 1 aromatic heterocycles. The second-order valence-electron chi connectivity index (χ2n) is 4.08. The Kier molecular flexibility index (Phi) is 4.17. The minimum atomic E-state index is 0.896. The summed E-state index contributed by atoms with van der Waals surface area (Å²) in [6.45, 7) is 9.88. The fourth-order valence-electron chi connectivity index (χ4n) is 2.10. The van der Waals surface area contributed by atoms with Crippen LogP contribution in [-0.4, -0.2) is 16.2 Å². The van der Waals surface area contributed by atoms with Crippen LogP contribution in [0, 0.1) is 6.92 Å². The van der Waals surface area contributed by atoms with E-state index < -0.39 is 0 Å². The summed E-state index contributed by atoms with van der Waals surface area (Å²) in [4.78, 5) is 8.84. The Hall–Kier alpha value is -1.87. The molecule has 19 heavy (non-hydrogen) atoms. The number of rotatable bonds is 4. The predicted octanol–water partition coefficient (Wildman–Crippen LogP) is 4.46. The lowest BCUT2D eigenvalue weighted by atomic mass is 9.95. The zero-order chi connectivity index (χ0) is 13.8. The third-order valence-electron chi connectivity index (χ3n) is 3.03. The molecule has 0 fully saturated rings. The average molecular weight is 268 g/mol. The van der Waals surface area contributed by atoms with Crippen molar-refractivity contribution in [1.29, 1.82) is 0 Å². The van der Waals surface area contributed by atoms with Crippen LogP contribution in [0.5, 0.6) is 0 Å². The summed E-state index contributed by atoms with van der Waals surface area (Å²) >= 11 is 1.59. The van der Waals surface area contributed by atoms with Gasteiger partial charge in [0.1, 0.15) is 10.7 Å². The number of hydrogen-bond acceptors (Lipinski definition) is 3. The highest BCUT2D eigenvalue weighted by atomic mass is 32.2. The van der Waals surface area contributed by atoms with E-state index in [1.165, 1.54) is 5.56 Å². The van der Waals surface area contributed by atoms with E-state index in [0.717, 1.165) is 27.4 Å². The van der Waals surface area contributed by atoms with E-state index in [9.17, 15) is 0 Å². The minimum Gasteiger partial charge on any atom is -0.252 e. The van der Waals surface area contributed by atoms with E-state index in [4.69, 9.17) is 0 Å². The van der Waals surface area contributed by atoms with Crippen molar-refractivity contribution in [2.24, 2.45) is 0 Å². The fraction of sp³-hybridized carbons (Fsp3) is 0.125. The van der Waals surface area contributed by atoms with Crippen LogP contribution in [0.15, 0.2) is 42.7 Å². The van der Waals surface area contributed by atoms with Crippen LogP contribution in [0.25, 0.3) is 23.4 Å². The molecule has 2 aromatic rings. The number of aryl methyl sites for hydroxylation is 1. The monoisotopic (exact) mass is 268 g/mol. The predicted molar refractivity (Wildman–Crippen MR) is 84.2 cm³/mol. The van der Waals surface area contributed by atoms with Gasteiger partial charge in [0.05, 0.1) is 0 Å². The maximum atomic E-state index is 4.47. The summed E-state index contributed by atoms with van der Waals surface area (Å²) in [6, 6.07) is 4.15. The molecular formula is C16H16N2S. The van der Waals surface area contributed by atoms with Gasteiger partial charge in [0, 0.05) is 18.0 Å². The van der Waals surface area contributed by atoms with Gasteiger partial charge in [-0.2, -0.15) is 0 Å². The van der Waals surface area contributed by atoms with Crippen molar-refractivity contribution < 1.29 is 0 Å². The molecule has 0 radical (unpaired) electrons. The zero-order valence-electron chi connectivity index (χ0n) is 11.2. The van der Waals surface area contributed by atoms with Gasteiger partial charge in [-0.25, -0.2) is 4.98 Å². The first kappa shape index (κ1) is 13.6. The summed E-state index contributed by atoms with van der Waals surface area (Å²) in [5.74, 6) is 0. The van der Waals surface area contributed by atoms with Crippen LogP contribution in [0.4, 0.5) is 0 Å². The number of hydrogen-bond donors (Lipinski definition) is 0. The maximum absolute atomic E-state index is 4.47. The Labute approximate surface area is 118 Å². The molecule has 0 aliphatic heterocycles. The largest absolute Gasteiger partial charge is 0.252 e. The number of nitrogens with zero attached hydrogens (tertiary/aromatic N) is 2. The molecule has 96 valence electrons. The molecule has 0 N–H and O–H groups in total. The van der Waals surface area contributed by atoms with Gasteiger partial charge < -0.3 is 0 Å². The van der Waals surface area contributed by atoms with E-state index in [0.29, 0.717) is 0 Å². The van der Waals surface area contributed by atoms with Gasteiger partial charge in [-0.1, -0.05) is 37.4 Å². The van der Waals surface area contributed by atoms with Crippen LogP contribution in [0.2, 0.25) is 0 Å². The molecular weight excluding hydrogens is 252 g/mol. The van der Waals surface area contributed by atoms with Crippen LogP contribution in [0.1, 0.15) is 16.7 Å². The Bertz CT molecular complexity index is 633. The van der Waals surface area contributed by atoms with Crippen molar-refractivity contribution in [2.45, 2.75) is 11.9 Å². The third-order valence-corrected chi connectivity index (χ3v) is 3.71. The molecule has 0 atom stereocenters. The highest BCUT2D eigenvalue weighted by Crippen LogP contribution is 2.32. The van der Waals surface area contributed by atoms with Gasteiger partial charge in [-0.3, -0.25) is 4.98 Å². The summed E-state index contributed by atoms with van der Waals surface area (Å²) in [5.41, 5.74) is 5.29. The van der Waals surface area contributed by atoms with Crippen LogP contribution in [0.3, 0.4) is 0 Å². The Balaban J connectivity index is 2.75. The Morgan fingerprint density at radius 1 is 1.05 bits per heavy atom. The molecule has 2 nitrogen and oxygen atoms in total. The van der Waals surface area contributed by atoms with Crippen LogP contribution in [-0.2, 0) is 0 Å². The molecule has 3 heteroatoms. The lowest BCUT2D eigenvalue weighted by Crippen LogP contribution is -1.95. The number of aromatic nitrogens is 2. The van der Waals surface area contributed by atoms with E-state index in [-0.39, 0.29) is 0 Å². The first-order valence-corrected chi connectivity index (χ1v) is 7.19. The molecule has 1 aromatic carbocycles. The highest BCUT2D eigenvalue weighted by molar-refractivity contribution is 7.98. The molecule has 0 saturated carbocycles. The van der Waals surface area contributed by atoms with E-state index in [1.54, 1.807) is 24.2 Å². The number of thioether (sulfide) groups is 1. The fourth-order valence-corrected chi connectivity index (χ4v) is 2.62. The van der Waals surface area contributed by atoms with E-state index in [1.807, 2.05) is 18.4 Å². The van der Waals surface area contributed by atoms with Crippen LogP contribution < -0.4 is 0 Å². The first-order chi connectivity index (χ1) is 9.22. The molecule has 0 amide bonds. The molecule has 0 bridgehead atoms. The average Bonchev–Trinajstić information content (AvgIpc) is 2.46. The molecule has 0 unspecified atom stereocenters. The van der Waals surface area contributed by atoms with E-state index >= 15 is 0 Å². The van der Waals surface area contributed by atoms with Gasteiger partial charge in [0.25, 0.3) is 0 Å². The normalized spacial score (nSPS) is 10.2. The topological polar surface area (TPSA) is 25.8 Å². The molecule has 0 aliphatic carbocycles. The number of benzene rings is 1. The minimum absolute atomic E-state index is 0.896. The smallest absolute Gasteiger partial charge is 0.122 e. The molecule has 2 rings (SSSR count). The molecule has 0 spiro atoms. The van der Waals surface area contributed by atoms with Gasteiger partial charge in [0.2, 0.25) is 0 Å². The quantitative estimate of drug-likeness (QED) is 0.766. The zero-order valence-corrected chi connectivity index (χ0v) is 12.0. The molecule has 1 heterocycles. The van der Waals surface area contributed by atoms with Gasteiger partial charge in [0.15, 0.2) is 0 Å². The molecule has 0 saturated heterocycles. The van der Waals surface area contributed by atoms with Crippen molar-refractivity contribution in [3.8, 4) is 11.3 Å². The SMILES string of the molecule is C=Cc1c(C)ccc(-c2nccnc2SC)c1C=C. The van der Waals surface area contributed by atoms with Crippen molar-refractivity contribution in [3.05, 3.63) is 54.4 Å². The first-order valence-electron chi connectivity index (χ1n) is 5.96. The second-order valence-corrected chi connectivity index (χ2v) is 4.87. The summed E-state index contributed by atoms with van der Waals surface area (Å²) in [7, 11) is 0. The second kappa shape index (κ2) is 5.85. The van der Waals surface area contributed by atoms with E-state index in [2.05, 4.69) is 42.2 Å². The third kappa shape index (κ3) is 2.47. The Morgan fingerprint density at radius 2 is 1.74 bits per heavy atom. The van der Waals surface area contributed by atoms with Crippen molar-refractivity contribution >= 4 is 23.9 Å². The highest BCUT2D eigenvalue weighted by Gasteiger charge is 2.13. The van der Waals surface area contributed by atoms with Crippen molar-refractivity contribution in [1.82, 2.24) is 9.97 Å². The van der Waals surface area contributed by atoms with Gasteiger partial charge >= 0.3 is 0 Å². The van der Waals surface area contributed by atoms with Gasteiger partial charge in [-0.15, -0.1) is 11.8 Å². The summed E-state index contributed by atoms with van der Waals surface area (Å²) in [5, 5.41) is 0.921. The molecule has 0 aliphatic rings.